The van der Waals surface area contributed by atoms with E-state index in [0.717, 1.165) is 31.4 Å². The van der Waals surface area contributed by atoms with Gasteiger partial charge in [0.15, 0.2) is 0 Å². The molecule has 1 aromatic rings. The Morgan fingerprint density at radius 3 is 1.89 bits per heavy atom. The second kappa shape index (κ2) is 3.93. The van der Waals surface area contributed by atoms with Crippen LogP contribution in [-0.2, 0) is 28.1 Å². The van der Waals surface area contributed by atoms with Gasteiger partial charge in [-0.05, 0) is 24.0 Å². The maximum Gasteiger partial charge on any atom is 0.240 e. The molecule has 2 aliphatic rings. The maximum absolute atomic E-state index is 10.8. The van der Waals surface area contributed by atoms with Gasteiger partial charge in [0.1, 0.15) is 31.4 Å². The summed E-state index contributed by atoms with van der Waals surface area (Å²) < 4.78 is 0. The molecule has 0 radical (unpaired) electrons. The lowest BCUT2D eigenvalue weighted by Crippen LogP contribution is -2.26. The number of nitrogens with zero attached hydrogens (tertiary/aromatic N) is 1. The van der Waals surface area contributed by atoms with E-state index in [2.05, 4.69) is 42.4 Å². The fourth-order valence-corrected chi connectivity index (χ4v) is 3.79. The highest BCUT2D eigenvalue weighted by Gasteiger charge is 2.38. The van der Waals surface area contributed by atoms with Crippen molar-refractivity contribution < 1.29 is 4.79 Å². The molecule has 2 nitrogen and oxygen atoms in total. The molecule has 0 bridgehead atoms. The number of fused-ring (bicyclic) bond motifs is 2. The predicted molar refractivity (Wildman–Crippen MR) is 88.4 cm³/mol. The van der Waals surface area contributed by atoms with Crippen LogP contribution in [0.3, 0.4) is 0 Å². The highest BCUT2D eigenvalue weighted by atomic mass is 16.1. The minimum Gasteiger partial charge on any atom is -0.211 e. The van der Waals surface area contributed by atoms with Gasteiger partial charge in [0, 0.05) is 0 Å². The molecule has 0 spiro atoms. The molecule has 92 valence electrons. The van der Waals surface area contributed by atoms with E-state index in [1.165, 1.54) is 22.3 Å². The van der Waals surface area contributed by atoms with Gasteiger partial charge in [-0.15, -0.1) is 0 Å². The highest BCUT2D eigenvalue weighted by molar-refractivity contribution is 6.42. The van der Waals surface area contributed by atoms with Crippen molar-refractivity contribution in [1.29, 1.82) is 0 Å². The van der Waals surface area contributed by atoms with Crippen molar-refractivity contribution in [2.24, 2.45) is 4.99 Å². The first-order chi connectivity index (χ1) is 8.87. The monoisotopic (exact) mass is 247 g/mol. The van der Waals surface area contributed by atoms with E-state index in [4.69, 9.17) is 0 Å². The van der Waals surface area contributed by atoms with Gasteiger partial charge >= 0.3 is 0 Å². The summed E-state index contributed by atoms with van der Waals surface area (Å²) in [5.74, 6) is 0. The molecule has 0 N–H and O–H groups in total. The van der Waals surface area contributed by atoms with Crippen molar-refractivity contribution in [2.75, 3.05) is 0 Å². The molecule has 0 aromatic heterocycles. The molecule has 0 fully saturated rings. The molecule has 0 heterocycles. The maximum atomic E-state index is 10.8. The quantitative estimate of drug-likeness (QED) is 0.333. The molecule has 0 atom stereocenters. The molecule has 0 saturated carbocycles. The Labute approximate surface area is 118 Å². The summed E-state index contributed by atoms with van der Waals surface area (Å²) in [5.41, 5.74) is 6.33. The van der Waals surface area contributed by atoms with Crippen molar-refractivity contribution in [3.05, 3.63) is 28.3 Å². The Kier molecular flexibility index (Phi) is 2.66. The summed E-state index contributed by atoms with van der Waals surface area (Å²) in [5, 5.41) is 0.409. The SMILES string of the molecule is BC1(B)CCc2c1cc1c(c2N=C=O)CCC1(B)B. The van der Waals surface area contributed by atoms with E-state index >= 15 is 0 Å². The van der Waals surface area contributed by atoms with Crippen LogP contribution in [0.15, 0.2) is 11.1 Å². The van der Waals surface area contributed by atoms with Crippen molar-refractivity contribution in [2.45, 2.75) is 36.1 Å². The fraction of sp³-hybridized carbons (Fsp3) is 0.462. The third-order valence-electron chi connectivity index (χ3n) is 5.13. The number of hydrogen-bond acceptors (Lipinski definition) is 2. The smallest absolute Gasteiger partial charge is 0.211 e. The van der Waals surface area contributed by atoms with Gasteiger partial charge in [-0.2, -0.15) is 4.99 Å². The summed E-state index contributed by atoms with van der Waals surface area (Å²) in [7, 11) is 9.17. The van der Waals surface area contributed by atoms with Crippen molar-refractivity contribution in [1.82, 2.24) is 0 Å². The average molecular weight is 247 g/mol. The van der Waals surface area contributed by atoms with Crippen LogP contribution >= 0.6 is 0 Å². The van der Waals surface area contributed by atoms with Gasteiger partial charge in [-0.1, -0.05) is 40.5 Å². The topological polar surface area (TPSA) is 29.4 Å². The molecule has 0 saturated heterocycles. The molecular formula is C13H17B4NO. The van der Waals surface area contributed by atoms with Gasteiger partial charge in [0.25, 0.3) is 0 Å². The van der Waals surface area contributed by atoms with Crippen LogP contribution in [0, 0.1) is 0 Å². The van der Waals surface area contributed by atoms with Crippen LogP contribution in [0.25, 0.3) is 0 Å². The number of benzene rings is 1. The van der Waals surface area contributed by atoms with Gasteiger partial charge in [0.05, 0.1) is 5.69 Å². The van der Waals surface area contributed by atoms with Crippen LogP contribution < -0.4 is 0 Å². The van der Waals surface area contributed by atoms with Crippen LogP contribution in [0.2, 0.25) is 0 Å². The molecule has 0 amide bonds. The summed E-state index contributed by atoms with van der Waals surface area (Å²) in [4.78, 5) is 14.9. The Balaban J connectivity index is 2.34. The zero-order chi connectivity index (χ0) is 13.8. The van der Waals surface area contributed by atoms with E-state index in [-0.39, 0.29) is 10.4 Å². The third-order valence-corrected chi connectivity index (χ3v) is 5.13. The summed E-state index contributed by atoms with van der Waals surface area (Å²) in [6.45, 7) is 0. The number of isocyanates is 1. The van der Waals surface area contributed by atoms with Crippen molar-refractivity contribution >= 4 is 43.2 Å². The second-order valence-corrected chi connectivity index (χ2v) is 7.25. The molecule has 3 rings (SSSR count). The zero-order valence-electron chi connectivity index (χ0n) is 12.3. The first-order valence-electron chi connectivity index (χ1n) is 7.14. The van der Waals surface area contributed by atoms with Crippen LogP contribution in [0.5, 0.6) is 0 Å². The predicted octanol–water partition coefficient (Wildman–Crippen LogP) is -1.62. The molecule has 1 aromatic carbocycles. The van der Waals surface area contributed by atoms with Crippen LogP contribution in [-0.4, -0.2) is 37.5 Å². The van der Waals surface area contributed by atoms with Gasteiger partial charge in [-0.25, -0.2) is 4.79 Å². The minimum atomic E-state index is 0.205. The molecular weight excluding hydrogens is 229 g/mol. The number of hydrogen-bond donors (Lipinski definition) is 0. The second-order valence-electron chi connectivity index (χ2n) is 7.25. The first-order valence-corrected chi connectivity index (χ1v) is 7.14. The highest BCUT2D eigenvalue weighted by Crippen LogP contribution is 2.48. The van der Waals surface area contributed by atoms with E-state index in [9.17, 15) is 4.79 Å². The van der Waals surface area contributed by atoms with Crippen LogP contribution in [0.4, 0.5) is 5.69 Å². The molecule has 0 unspecified atom stereocenters. The molecule has 19 heavy (non-hydrogen) atoms. The summed E-state index contributed by atoms with van der Waals surface area (Å²) in [6.07, 6.45) is 6.14. The lowest BCUT2D eigenvalue weighted by Gasteiger charge is -2.25. The van der Waals surface area contributed by atoms with Crippen LogP contribution in [0.1, 0.15) is 35.1 Å². The minimum absolute atomic E-state index is 0.205. The normalized spacial score (nSPS) is 21.5. The van der Waals surface area contributed by atoms with Gasteiger partial charge < -0.3 is 0 Å². The fourth-order valence-electron chi connectivity index (χ4n) is 3.79. The molecule has 2 aliphatic carbocycles. The lowest BCUT2D eigenvalue weighted by molar-refractivity contribution is 0.565. The summed E-state index contributed by atoms with van der Waals surface area (Å²) >= 11 is 0. The molecule has 0 aliphatic heterocycles. The lowest BCUT2D eigenvalue weighted by atomic mass is 9.49. The Hall–Kier alpha value is -1.14. The number of aliphatic imine (C=N–C) groups is 1. The molecule has 6 heteroatoms. The first kappa shape index (κ1) is 12.9. The zero-order valence-corrected chi connectivity index (χ0v) is 12.3. The van der Waals surface area contributed by atoms with Gasteiger partial charge in [-0.3, -0.25) is 0 Å². The standard InChI is InChI=1S/C13H17B4NO/c14-12(15)3-1-7-9(12)5-10-8(11(7)18-6-19)2-4-13(10,16)17/h5H,1-4,14-17H2. The van der Waals surface area contributed by atoms with Gasteiger partial charge in [0.2, 0.25) is 6.08 Å². The Morgan fingerprint density at radius 1 is 1.00 bits per heavy atom. The van der Waals surface area contributed by atoms with E-state index in [1.807, 2.05) is 0 Å². The van der Waals surface area contributed by atoms with Crippen molar-refractivity contribution in [3.63, 3.8) is 0 Å². The van der Waals surface area contributed by atoms with E-state index in [0.29, 0.717) is 0 Å². The Morgan fingerprint density at radius 2 is 1.47 bits per heavy atom. The number of carbonyl (C=O) groups excluding carboxylic acids is 1. The average Bonchev–Trinajstić information content (AvgIpc) is 2.79. The third kappa shape index (κ3) is 1.77. The summed E-state index contributed by atoms with van der Waals surface area (Å²) in [6, 6.07) is 2.40. The van der Waals surface area contributed by atoms with E-state index in [1.54, 1.807) is 6.08 Å². The largest absolute Gasteiger partial charge is 0.240 e. The van der Waals surface area contributed by atoms with E-state index < -0.39 is 0 Å². The Bertz CT molecular complexity index is 575. The number of rotatable bonds is 1. The van der Waals surface area contributed by atoms with Crippen molar-refractivity contribution in [3.8, 4) is 0 Å².